The predicted octanol–water partition coefficient (Wildman–Crippen LogP) is 3.17. The van der Waals surface area contributed by atoms with Gasteiger partial charge in [0.25, 0.3) is 0 Å². The van der Waals surface area contributed by atoms with Gasteiger partial charge in [-0.1, -0.05) is 0 Å². The number of nitrogens with one attached hydrogen (secondary N) is 1. The van der Waals surface area contributed by atoms with E-state index in [1.54, 1.807) is 0 Å². The highest BCUT2D eigenvalue weighted by Crippen LogP contribution is 2.33. The van der Waals surface area contributed by atoms with Gasteiger partial charge in [-0.3, -0.25) is 0 Å². The lowest BCUT2D eigenvalue weighted by atomic mass is 9.80. The Morgan fingerprint density at radius 2 is 1.94 bits per heavy atom. The molecule has 1 aromatic rings. The maximum absolute atomic E-state index is 13.4. The van der Waals surface area contributed by atoms with Gasteiger partial charge in [0.1, 0.15) is 5.82 Å². The third kappa shape index (κ3) is 2.75. The summed E-state index contributed by atoms with van der Waals surface area (Å²) in [5.41, 5.74) is -1.90. The molecule has 1 saturated carbocycles. The van der Waals surface area contributed by atoms with E-state index < -0.39 is 23.2 Å². The fourth-order valence-electron chi connectivity index (χ4n) is 1.86. The zero-order valence-electron chi connectivity index (χ0n) is 9.52. The van der Waals surface area contributed by atoms with Crippen LogP contribution in [0.15, 0.2) is 18.2 Å². The monoisotopic (exact) mass is 263 g/mol. The van der Waals surface area contributed by atoms with Crippen LogP contribution < -0.4 is 5.32 Å². The number of hydrogen-bond acceptors (Lipinski definition) is 2. The summed E-state index contributed by atoms with van der Waals surface area (Å²) in [5, 5.41) is 12.4. The molecule has 2 nitrogen and oxygen atoms in total. The SMILES string of the molecule is OC1(CNc2ccc(C(F)(F)F)cc2F)CCC1. The zero-order valence-corrected chi connectivity index (χ0v) is 9.52. The van der Waals surface area contributed by atoms with Gasteiger partial charge in [0.15, 0.2) is 0 Å². The van der Waals surface area contributed by atoms with Crippen molar-refractivity contribution < 1.29 is 22.7 Å². The van der Waals surface area contributed by atoms with Crippen LogP contribution in [-0.4, -0.2) is 17.3 Å². The quantitative estimate of drug-likeness (QED) is 0.821. The van der Waals surface area contributed by atoms with E-state index in [2.05, 4.69) is 5.32 Å². The van der Waals surface area contributed by atoms with Crippen molar-refractivity contribution in [2.75, 3.05) is 11.9 Å². The maximum Gasteiger partial charge on any atom is 0.416 e. The first kappa shape index (κ1) is 13.1. The molecule has 1 fully saturated rings. The van der Waals surface area contributed by atoms with Crippen LogP contribution in [0.2, 0.25) is 0 Å². The second-order valence-electron chi connectivity index (χ2n) is 4.62. The van der Waals surface area contributed by atoms with Crippen LogP contribution in [0.5, 0.6) is 0 Å². The average molecular weight is 263 g/mol. The first-order chi connectivity index (χ1) is 8.30. The van der Waals surface area contributed by atoms with Crippen molar-refractivity contribution in [1.29, 1.82) is 0 Å². The molecule has 1 aliphatic carbocycles. The summed E-state index contributed by atoms with van der Waals surface area (Å²) < 4.78 is 50.4. The molecule has 0 aromatic heterocycles. The van der Waals surface area contributed by atoms with Crippen LogP contribution in [0.25, 0.3) is 0 Å². The minimum atomic E-state index is -4.55. The minimum Gasteiger partial charge on any atom is -0.388 e. The molecule has 0 bridgehead atoms. The number of anilines is 1. The van der Waals surface area contributed by atoms with Gasteiger partial charge in [-0.25, -0.2) is 4.39 Å². The van der Waals surface area contributed by atoms with Gasteiger partial charge in [0.05, 0.1) is 16.9 Å². The van der Waals surface area contributed by atoms with Crippen molar-refractivity contribution in [2.24, 2.45) is 0 Å². The Balaban J connectivity index is 2.06. The molecule has 0 atom stereocenters. The molecule has 0 aliphatic heterocycles. The van der Waals surface area contributed by atoms with E-state index in [1.165, 1.54) is 0 Å². The molecule has 0 radical (unpaired) electrons. The highest BCUT2D eigenvalue weighted by Gasteiger charge is 2.34. The average Bonchev–Trinajstić information content (AvgIpc) is 2.23. The van der Waals surface area contributed by atoms with Crippen molar-refractivity contribution in [3.8, 4) is 0 Å². The number of hydrogen-bond donors (Lipinski definition) is 2. The van der Waals surface area contributed by atoms with Crippen LogP contribution in [0.3, 0.4) is 0 Å². The number of rotatable bonds is 3. The standard InChI is InChI=1S/C12H13F4NO/c13-9-6-8(12(14,15)16)2-3-10(9)17-7-11(18)4-1-5-11/h2-3,6,17-18H,1,4-5,7H2. The summed E-state index contributed by atoms with van der Waals surface area (Å²) in [6.45, 7) is 0.148. The molecular weight excluding hydrogens is 250 g/mol. The normalized spacial score (nSPS) is 18.3. The van der Waals surface area contributed by atoms with E-state index in [-0.39, 0.29) is 12.2 Å². The van der Waals surface area contributed by atoms with E-state index in [4.69, 9.17) is 0 Å². The molecule has 100 valence electrons. The highest BCUT2D eigenvalue weighted by atomic mass is 19.4. The third-order valence-corrected chi connectivity index (χ3v) is 3.19. The Kier molecular flexibility index (Phi) is 3.23. The Hall–Kier alpha value is -1.30. The van der Waals surface area contributed by atoms with Crippen molar-refractivity contribution >= 4 is 5.69 Å². The predicted molar refractivity (Wildman–Crippen MR) is 58.7 cm³/mol. The minimum absolute atomic E-state index is 0.0247. The largest absolute Gasteiger partial charge is 0.416 e. The molecule has 0 unspecified atom stereocenters. The van der Waals surface area contributed by atoms with Crippen molar-refractivity contribution in [2.45, 2.75) is 31.0 Å². The molecule has 2 N–H and O–H groups in total. The first-order valence-corrected chi connectivity index (χ1v) is 5.63. The molecular formula is C12H13F4NO. The molecule has 0 heterocycles. The molecule has 6 heteroatoms. The fourth-order valence-corrected chi connectivity index (χ4v) is 1.86. The van der Waals surface area contributed by atoms with E-state index in [9.17, 15) is 22.7 Å². The maximum atomic E-state index is 13.4. The van der Waals surface area contributed by atoms with E-state index in [0.717, 1.165) is 18.6 Å². The van der Waals surface area contributed by atoms with E-state index in [0.29, 0.717) is 18.9 Å². The zero-order chi connectivity index (χ0) is 13.4. The second kappa shape index (κ2) is 4.42. The Morgan fingerprint density at radius 3 is 2.39 bits per heavy atom. The van der Waals surface area contributed by atoms with Gasteiger partial charge in [0.2, 0.25) is 0 Å². The second-order valence-corrected chi connectivity index (χ2v) is 4.62. The van der Waals surface area contributed by atoms with Gasteiger partial charge in [-0.05, 0) is 37.5 Å². The Morgan fingerprint density at radius 1 is 1.28 bits per heavy atom. The van der Waals surface area contributed by atoms with Gasteiger partial charge < -0.3 is 10.4 Å². The lowest BCUT2D eigenvalue weighted by molar-refractivity contribution is -0.137. The molecule has 1 aromatic carbocycles. The van der Waals surface area contributed by atoms with Gasteiger partial charge >= 0.3 is 6.18 Å². The summed E-state index contributed by atoms with van der Waals surface area (Å²) in [6, 6.07) is 2.31. The summed E-state index contributed by atoms with van der Waals surface area (Å²) in [5.74, 6) is -0.965. The first-order valence-electron chi connectivity index (χ1n) is 5.63. The molecule has 0 spiro atoms. The number of aliphatic hydroxyl groups is 1. The summed E-state index contributed by atoms with van der Waals surface area (Å²) in [6.07, 6.45) is -2.39. The smallest absolute Gasteiger partial charge is 0.388 e. The number of benzene rings is 1. The Labute approximate surface area is 102 Å². The highest BCUT2D eigenvalue weighted by molar-refractivity contribution is 5.47. The van der Waals surface area contributed by atoms with Gasteiger partial charge in [-0.2, -0.15) is 13.2 Å². The summed E-state index contributed by atoms with van der Waals surface area (Å²) in [4.78, 5) is 0. The number of halogens is 4. The van der Waals surface area contributed by atoms with Crippen molar-refractivity contribution in [3.63, 3.8) is 0 Å². The van der Waals surface area contributed by atoms with Crippen LogP contribution in [0, 0.1) is 5.82 Å². The topological polar surface area (TPSA) is 32.3 Å². The van der Waals surface area contributed by atoms with Crippen molar-refractivity contribution in [1.82, 2.24) is 0 Å². The molecule has 0 saturated heterocycles. The van der Waals surface area contributed by atoms with Crippen LogP contribution >= 0.6 is 0 Å². The van der Waals surface area contributed by atoms with E-state index in [1.807, 2.05) is 0 Å². The Bertz CT molecular complexity index is 440. The van der Waals surface area contributed by atoms with Gasteiger partial charge in [0, 0.05) is 6.54 Å². The van der Waals surface area contributed by atoms with Crippen LogP contribution in [0.4, 0.5) is 23.2 Å². The molecule has 18 heavy (non-hydrogen) atoms. The number of alkyl halides is 3. The fraction of sp³-hybridized carbons (Fsp3) is 0.500. The molecule has 1 aliphatic rings. The lowest BCUT2D eigenvalue weighted by Gasteiger charge is -2.36. The van der Waals surface area contributed by atoms with Crippen molar-refractivity contribution in [3.05, 3.63) is 29.6 Å². The lowest BCUT2D eigenvalue weighted by Crippen LogP contribution is -2.43. The molecule has 0 amide bonds. The van der Waals surface area contributed by atoms with Crippen LogP contribution in [-0.2, 0) is 6.18 Å². The van der Waals surface area contributed by atoms with Crippen LogP contribution in [0.1, 0.15) is 24.8 Å². The summed E-state index contributed by atoms with van der Waals surface area (Å²) >= 11 is 0. The summed E-state index contributed by atoms with van der Waals surface area (Å²) in [7, 11) is 0. The van der Waals surface area contributed by atoms with Gasteiger partial charge in [-0.15, -0.1) is 0 Å². The third-order valence-electron chi connectivity index (χ3n) is 3.19. The van der Waals surface area contributed by atoms with E-state index >= 15 is 0 Å². The molecule has 2 rings (SSSR count).